The van der Waals surface area contributed by atoms with Gasteiger partial charge in [-0.15, -0.1) is 0 Å². The number of fused-ring (bicyclic) bond motifs is 2. The predicted octanol–water partition coefficient (Wildman–Crippen LogP) is 4.99. The van der Waals surface area contributed by atoms with Crippen LogP contribution in [0.1, 0.15) is 42.0 Å². The standard InChI is InChI=1S/C28H29F2N5O2/c1-17-31-25-13-19(7-8-26(25)37-17)28-21-16-35(11-9-24(21)32-33-28)27(36)12-18-4-3-10-34(14-18)15-20-22(29)5-2-6-23(20)30/h2,5-8,13,18H,3-4,9-12,14-16H2,1H3,(H,32,33)/t18-/m0/s1. The highest BCUT2D eigenvalue weighted by Crippen LogP contribution is 2.31. The minimum Gasteiger partial charge on any atom is -0.441 e. The molecule has 0 radical (unpaired) electrons. The van der Waals surface area contributed by atoms with E-state index in [2.05, 4.69) is 20.1 Å². The number of carbonyl (C=O) groups is 1. The lowest BCUT2D eigenvalue weighted by molar-refractivity contribution is -0.133. The zero-order valence-corrected chi connectivity index (χ0v) is 20.8. The van der Waals surface area contributed by atoms with E-state index in [0.717, 1.165) is 59.4 Å². The zero-order chi connectivity index (χ0) is 25.5. The number of likely N-dealkylation sites (tertiary alicyclic amines) is 1. The van der Waals surface area contributed by atoms with Gasteiger partial charge in [-0.2, -0.15) is 5.10 Å². The molecule has 1 fully saturated rings. The summed E-state index contributed by atoms with van der Waals surface area (Å²) in [6.07, 6.45) is 3.01. The van der Waals surface area contributed by atoms with Gasteiger partial charge in [-0.3, -0.25) is 14.8 Å². The number of carbonyl (C=O) groups excluding carboxylic acids is 1. The fourth-order valence-electron chi connectivity index (χ4n) is 5.68. The molecule has 6 rings (SSSR count). The number of hydrogen-bond acceptors (Lipinski definition) is 5. The van der Waals surface area contributed by atoms with Crippen LogP contribution in [-0.2, 0) is 24.3 Å². The molecule has 0 spiro atoms. The second kappa shape index (κ2) is 9.70. The molecule has 0 aliphatic carbocycles. The van der Waals surface area contributed by atoms with E-state index in [1.165, 1.54) is 18.2 Å². The van der Waals surface area contributed by atoms with Gasteiger partial charge in [-0.25, -0.2) is 13.8 Å². The number of benzene rings is 2. The maximum atomic E-state index is 14.1. The summed E-state index contributed by atoms with van der Waals surface area (Å²) in [4.78, 5) is 21.7. The van der Waals surface area contributed by atoms with Crippen molar-refractivity contribution in [3.8, 4) is 11.3 Å². The fourth-order valence-corrected chi connectivity index (χ4v) is 5.68. The smallest absolute Gasteiger partial charge is 0.223 e. The summed E-state index contributed by atoms with van der Waals surface area (Å²) in [5, 5.41) is 7.72. The first-order valence-electron chi connectivity index (χ1n) is 12.8. The van der Waals surface area contributed by atoms with Crippen molar-refractivity contribution in [3.63, 3.8) is 0 Å². The Labute approximate surface area is 213 Å². The molecule has 1 N–H and O–H groups in total. The third-order valence-electron chi connectivity index (χ3n) is 7.56. The van der Waals surface area contributed by atoms with E-state index in [0.29, 0.717) is 31.9 Å². The van der Waals surface area contributed by atoms with Crippen molar-refractivity contribution in [1.29, 1.82) is 0 Å². The van der Waals surface area contributed by atoms with E-state index in [1.807, 2.05) is 30.0 Å². The van der Waals surface area contributed by atoms with Gasteiger partial charge >= 0.3 is 0 Å². The second-order valence-corrected chi connectivity index (χ2v) is 10.2. The molecular weight excluding hydrogens is 476 g/mol. The topological polar surface area (TPSA) is 78.3 Å². The van der Waals surface area contributed by atoms with E-state index >= 15 is 0 Å². The van der Waals surface area contributed by atoms with Crippen molar-refractivity contribution in [2.24, 2.45) is 5.92 Å². The summed E-state index contributed by atoms with van der Waals surface area (Å²) in [6, 6.07) is 9.82. The monoisotopic (exact) mass is 505 g/mol. The van der Waals surface area contributed by atoms with Crippen molar-refractivity contribution in [3.05, 3.63) is 70.7 Å². The summed E-state index contributed by atoms with van der Waals surface area (Å²) in [7, 11) is 0. The van der Waals surface area contributed by atoms with Crippen LogP contribution in [0.25, 0.3) is 22.4 Å². The fraction of sp³-hybridized carbons (Fsp3) is 0.393. The van der Waals surface area contributed by atoms with Gasteiger partial charge in [0.15, 0.2) is 11.5 Å². The lowest BCUT2D eigenvalue weighted by Crippen LogP contribution is -2.40. The zero-order valence-electron chi connectivity index (χ0n) is 20.8. The van der Waals surface area contributed by atoms with Crippen molar-refractivity contribution in [1.82, 2.24) is 25.0 Å². The number of oxazole rings is 1. The maximum absolute atomic E-state index is 14.1. The molecule has 2 aromatic heterocycles. The van der Waals surface area contributed by atoms with Crippen molar-refractivity contribution < 1.29 is 18.0 Å². The number of aryl methyl sites for hydroxylation is 1. The van der Waals surface area contributed by atoms with Crippen LogP contribution in [0.3, 0.4) is 0 Å². The van der Waals surface area contributed by atoms with Crippen LogP contribution in [0.4, 0.5) is 8.78 Å². The number of amides is 1. The lowest BCUT2D eigenvalue weighted by Gasteiger charge is -2.34. The molecule has 2 aromatic carbocycles. The van der Waals surface area contributed by atoms with Gasteiger partial charge in [-0.1, -0.05) is 6.07 Å². The van der Waals surface area contributed by atoms with Crippen LogP contribution in [0, 0.1) is 24.5 Å². The van der Waals surface area contributed by atoms with Gasteiger partial charge in [0.05, 0.1) is 5.69 Å². The third-order valence-corrected chi connectivity index (χ3v) is 7.56. The molecule has 2 aliphatic rings. The average molecular weight is 506 g/mol. The summed E-state index contributed by atoms with van der Waals surface area (Å²) < 4.78 is 33.9. The van der Waals surface area contributed by atoms with Crippen molar-refractivity contribution in [2.75, 3.05) is 19.6 Å². The van der Waals surface area contributed by atoms with Gasteiger partial charge in [0.25, 0.3) is 0 Å². The highest BCUT2D eigenvalue weighted by molar-refractivity contribution is 5.81. The average Bonchev–Trinajstić information content (AvgIpc) is 3.48. The van der Waals surface area contributed by atoms with Crippen LogP contribution < -0.4 is 0 Å². The number of nitrogens with zero attached hydrogens (tertiary/aromatic N) is 4. The highest BCUT2D eigenvalue weighted by Gasteiger charge is 2.29. The number of nitrogens with one attached hydrogen (secondary N) is 1. The number of hydrogen-bond donors (Lipinski definition) is 1. The number of aromatic nitrogens is 3. The van der Waals surface area contributed by atoms with Gasteiger partial charge in [0.2, 0.25) is 5.91 Å². The SMILES string of the molecule is Cc1nc2cc(-c3n[nH]c4c3CN(C(=O)C[C@@H]3CCCN(Cc5c(F)cccc5F)C3)CC4)ccc2o1. The Balaban J connectivity index is 1.13. The molecule has 192 valence electrons. The van der Waals surface area contributed by atoms with Crippen molar-refractivity contribution >= 4 is 17.0 Å². The quantitative estimate of drug-likeness (QED) is 0.413. The van der Waals surface area contributed by atoms with E-state index in [1.54, 1.807) is 0 Å². The Morgan fingerprint density at radius 3 is 2.86 bits per heavy atom. The Kier molecular flexibility index (Phi) is 6.24. The summed E-state index contributed by atoms with van der Waals surface area (Å²) >= 11 is 0. The first-order valence-corrected chi connectivity index (χ1v) is 12.8. The molecule has 7 nitrogen and oxygen atoms in total. The lowest BCUT2D eigenvalue weighted by atomic mass is 9.93. The van der Waals surface area contributed by atoms with Gasteiger partial charge in [-0.05, 0) is 55.6 Å². The minimum absolute atomic E-state index is 0.101. The van der Waals surface area contributed by atoms with Crippen LogP contribution >= 0.6 is 0 Å². The summed E-state index contributed by atoms with van der Waals surface area (Å²) in [5.41, 5.74) is 5.51. The number of rotatable bonds is 5. The van der Waals surface area contributed by atoms with Crippen molar-refractivity contribution in [2.45, 2.75) is 45.7 Å². The second-order valence-electron chi connectivity index (χ2n) is 10.2. The van der Waals surface area contributed by atoms with Gasteiger partial charge in [0.1, 0.15) is 17.2 Å². The van der Waals surface area contributed by atoms with Crippen LogP contribution in [0.2, 0.25) is 0 Å². The first-order chi connectivity index (χ1) is 17.9. The van der Waals surface area contributed by atoms with Crippen LogP contribution in [-0.4, -0.2) is 50.5 Å². The molecule has 0 bridgehead atoms. The normalized spacial score (nSPS) is 18.4. The molecular formula is C28H29F2N5O2. The Morgan fingerprint density at radius 2 is 2.03 bits per heavy atom. The largest absolute Gasteiger partial charge is 0.441 e. The molecule has 2 aliphatic heterocycles. The van der Waals surface area contributed by atoms with Gasteiger partial charge < -0.3 is 9.32 Å². The van der Waals surface area contributed by atoms with Crippen LogP contribution in [0.5, 0.6) is 0 Å². The first kappa shape index (κ1) is 23.8. The van der Waals surface area contributed by atoms with E-state index in [4.69, 9.17) is 4.42 Å². The molecule has 0 unspecified atom stereocenters. The Bertz CT molecular complexity index is 1440. The summed E-state index contributed by atoms with van der Waals surface area (Å²) in [6.45, 7) is 4.64. The molecule has 9 heteroatoms. The van der Waals surface area contributed by atoms with Gasteiger partial charge in [0, 0.05) is 68.3 Å². The number of halogens is 2. The number of aromatic amines is 1. The number of H-pyrrole nitrogens is 1. The molecule has 1 amide bonds. The molecule has 37 heavy (non-hydrogen) atoms. The van der Waals surface area contributed by atoms with E-state index in [-0.39, 0.29) is 23.9 Å². The molecule has 4 heterocycles. The third kappa shape index (κ3) is 4.75. The molecule has 0 saturated carbocycles. The molecule has 1 saturated heterocycles. The molecule has 1 atom stereocenters. The van der Waals surface area contributed by atoms with E-state index in [9.17, 15) is 13.6 Å². The maximum Gasteiger partial charge on any atom is 0.223 e. The number of piperidine rings is 1. The predicted molar refractivity (Wildman–Crippen MR) is 134 cm³/mol. The van der Waals surface area contributed by atoms with E-state index < -0.39 is 11.6 Å². The minimum atomic E-state index is -0.518. The highest BCUT2D eigenvalue weighted by atomic mass is 19.1. The van der Waals surface area contributed by atoms with Crippen LogP contribution in [0.15, 0.2) is 40.8 Å². The Morgan fingerprint density at radius 1 is 1.19 bits per heavy atom. The Hall–Kier alpha value is -3.59. The summed E-state index contributed by atoms with van der Waals surface area (Å²) in [5.74, 6) is -0.135. The molecule has 4 aromatic rings.